The number of nitrogens with zero attached hydrogens (tertiary/aromatic N) is 1. The maximum atomic E-state index is 12.8. The monoisotopic (exact) mass is 497 g/mol. The van der Waals surface area contributed by atoms with Crippen LogP contribution in [0.25, 0.3) is 0 Å². The quantitative estimate of drug-likeness (QED) is 0.322. The molecule has 9 nitrogen and oxygen atoms in total. The molecule has 0 fully saturated rings. The number of amides is 1. The molecule has 1 atom stereocenters. The van der Waals surface area contributed by atoms with E-state index < -0.39 is 27.9 Å². The minimum atomic E-state index is -3.99. The average molecular weight is 498 g/mol. The van der Waals surface area contributed by atoms with Crippen LogP contribution in [0.2, 0.25) is 5.02 Å². The Bertz CT molecular complexity index is 987. The summed E-state index contributed by atoms with van der Waals surface area (Å²) in [6, 6.07) is 7.76. The summed E-state index contributed by atoms with van der Waals surface area (Å²) in [6.07, 6.45) is 7.01. The zero-order chi connectivity index (χ0) is 24.1. The van der Waals surface area contributed by atoms with Crippen LogP contribution in [0, 0.1) is 0 Å². The predicted molar refractivity (Wildman–Crippen MR) is 124 cm³/mol. The summed E-state index contributed by atoms with van der Waals surface area (Å²) in [7, 11) is -3.99. The summed E-state index contributed by atoms with van der Waals surface area (Å²) in [4.78, 5) is 27.1. The van der Waals surface area contributed by atoms with Crippen molar-refractivity contribution in [2.75, 3.05) is 13.2 Å². The number of hydrogen-bond acceptors (Lipinski definition) is 6. The number of aromatic nitrogens is 1. The Labute approximate surface area is 198 Å². The third-order valence-electron chi connectivity index (χ3n) is 4.66. The lowest BCUT2D eigenvalue weighted by molar-refractivity contribution is -0.137. The van der Waals surface area contributed by atoms with Crippen LogP contribution in [0.3, 0.4) is 0 Å². The van der Waals surface area contributed by atoms with Gasteiger partial charge in [-0.05, 0) is 49.2 Å². The van der Waals surface area contributed by atoms with Crippen LogP contribution < -0.4 is 14.8 Å². The first-order valence-electron chi connectivity index (χ1n) is 10.6. The fourth-order valence-electron chi connectivity index (χ4n) is 2.91. The average Bonchev–Trinajstić information content (AvgIpc) is 2.79. The highest BCUT2D eigenvalue weighted by Crippen LogP contribution is 2.15. The highest BCUT2D eigenvalue weighted by Gasteiger charge is 2.26. The lowest BCUT2D eigenvalue weighted by Gasteiger charge is -2.19. The predicted octanol–water partition coefficient (Wildman–Crippen LogP) is 3.00. The number of hydrogen-bond donors (Lipinski definition) is 3. The molecule has 1 unspecified atom stereocenters. The number of carboxylic acids is 1. The zero-order valence-corrected chi connectivity index (χ0v) is 19.6. The molecular formula is C22H28ClN3O6S. The van der Waals surface area contributed by atoms with E-state index in [0.717, 1.165) is 19.3 Å². The van der Waals surface area contributed by atoms with Gasteiger partial charge in [0, 0.05) is 24.2 Å². The Morgan fingerprint density at radius 1 is 1.06 bits per heavy atom. The first-order chi connectivity index (χ1) is 15.8. The highest BCUT2D eigenvalue weighted by atomic mass is 35.5. The van der Waals surface area contributed by atoms with E-state index in [2.05, 4.69) is 15.0 Å². The van der Waals surface area contributed by atoms with Gasteiger partial charge in [0.25, 0.3) is 0 Å². The first kappa shape index (κ1) is 26.6. The molecule has 0 saturated heterocycles. The third-order valence-corrected chi connectivity index (χ3v) is 6.40. The van der Waals surface area contributed by atoms with Crippen LogP contribution in [-0.4, -0.2) is 49.6 Å². The topological polar surface area (TPSA) is 135 Å². The van der Waals surface area contributed by atoms with Gasteiger partial charge >= 0.3 is 5.97 Å². The van der Waals surface area contributed by atoms with Crippen molar-refractivity contribution < 1.29 is 27.9 Å². The third kappa shape index (κ3) is 10.2. The first-order valence-corrected chi connectivity index (χ1v) is 12.4. The second-order valence-electron chi connectivity index (χ2n) is 7.33. The van der Waals surface area contributed by atoms with Gasteiger partial charge in [-0.25, -0.2) is 8.42 Å². The van der Waals surface area contributed by atoms with Crippen LogP contribution >= 0.6 is 11.6 Å². The summed E-state index contributed by atoms with van der Waals surface area (Å²) >= 11 is 5.83. The fraction of sp³-hybridized carbons (Fsp3) is 0.409. The second-order valence-corrected chi connectivity index (χ2v) is 9.48. The molecule has 1 aromatic carbocycles. The second kappa shape index (κ2) is 13.8. The normalized spacial score (nSPS) is 12.2. The molecule has 0 aliphatic carbocycles. The molecule has 3 N–H and O–H groups in total. The zero-order valence-electron chi connectivity index (χ0n) is 18.1. The van der Waals surface area contributed by atoms with Crippen LogP contribution in [0.1, 0.15) is 38.5 Å². The smallest absolute Gasteiger partial charge is 0.303 e. The summed E-state index contributed by atoms with van der Waals surface area (Å²) in [6.45, 7) is 0.142. The van der Waals surface area contributed by atoms with Gasteiger partial charge in [0.1, 0.15) is 18.4 Å². The molecule has 1 aromatic heterocycles. The van der Waals surface area contributed by atoms with E-state index in [1.54, 1.807) is 18.3 Å². The number of carbonyl (C=O) groups is 2. The van der Waals surface area contributed by atoms with Crippen LogP contribution in [0.4, 0.5) is 0 Å². The number of aliphatic carboxylic acids is 1. The lowest BCUT2D eigenvalue weighted by atomic mass is 10.1. The molecule has 1 heterocycles. The van der Waals surface area contributed by atoms with Crippen molar-refractivity contribution in [3.05, 3.63) is 53.8 Å². The van der Waals surface area contributed by atoms with Gasteiger partial charge in [0.05, 0.1) is 11.1 Å². The van der Waals surface area contributed by atoms with E-state index in [1.165, 1.54) is 30.5 Å². The molecule has 0 aliphatic heterocycles. The molecule has 0 saturated carbocycles. The molecule has 0 bridgehead atoms. The highest BCUT2D eigenvalue weighted by molar-refractivity contribution is 7.89. The molecule has 180 valence electrons. The van der Waals surface area contributed by atoms with Crippen molar-refractivity contribution in [2.24, 2.45) is 0 Å². The molecule has 0 spiro atoms. The number of nitrogens with one attached hydrogen (secondary N) is 2. The van der Waals surface area contributed by atoms with Crippen LogP contribution in [-0.2, 0) is 19.6 Å². The van der Waals surface area contributed by atoms with Crippen molar-refractivity contribution in [2.45, 2.75) is 49.5 Å². The SMILES string of the molecule is O=C(O)CCCCCCCNC(=O)C(COc1cccnc1)NS(=O)(=O)c1ccc(Cl)cc1. The molecule has 1 amide bonds. The number of sulfonamides is 1. The summed E-state index contributed by atoms with van der Waals surface area (Å²) < 4.78 is 33.5. The number of rotatable bonds is 15. The number of carbonyl (C=O) groups excluding carboxylic acids is 1. The lowest BCUT2D eigenvalue weighted by Crippen LogP contribution is -2.50. The maximum Gasteiger partial charge on any atom is 0.303 e. The van der Waals surface area contributed by atoms with Crippen LogP contribution in [0.15, 0.2) is 53.7 Å². The largest absolute Gasteiger partial charge is 0.490 e. The van der Waals surface area contributed by atoms with Crippen molar-refractivity contribution in [3.8, 4) is 5.75 Å². The Hall–Kier alpha value is -2.69. The van der Waals surface area contributed by atoms with Crippen LogP contribution in [0.5, 0.6) is 5.75 Å². The Kier molecular flexibility index (Phi) is 11.1. The van der Waals surface area contributed by atoms with E-state index >= 15 is 0 Å². The van der Waals surface area contributed by atoms with Crippen molar-refractivity contribution in [1.29, 1.82) is 0 Å². The Balaban J connectivity index is 1.91. The summed E-state index contributed by atoms with van der Waals surface area (Å²) in [5, 5.41) is 11.8. The van der Waals surface area contributed by atoms with Gasteiger partial charge in [-0.15, -0.1) is 0 Å². The van der Waals surface area contributed by atoms with Gasteiger partial charge in [-0.1, -0.05) is 30.9 Å². The number of pyridine rings is 1. The fourth-order valence-corrected chi connectivity index (χ4v) is 4.22. The van der Waals surface area contributed by atoms with E-state index in [0.29, 0.717) is 30.2 Å². The van der Waals surface area contributed by atoms with Gasteiger partial charge in [0.2, 0.25) is 15.9 Å². The summed E-state index contributed by atoms with van der Waals surface area (Å²) in [5.41, 5.74) is 0. The molecule has 2 rings (SSSR count). The standard InChI is InChI=1S/C22H28ClN3O6S/c23-17-9-11-19(12-10-17)33(30,31)26-20(16-32-18-7-6-13-24-15-18)22(29)25-14-5-3-1-2-4-8-21(27)28/h6-7,9-13,15,20,26H,1-5,8,14,16H2,(H,25,29)(H,27,28). The van der Waals surface area contributed by atoms with Crippen molar-refractivity contribution in [1.82, 2.24) is 15.0 Å². The molecule has 33 heavy (non-hydrogen) atoms. The van der Waals surface area contributed by atoms with Gasteiger partial charge in [-0.3, -0.25) is 14.6 Å². The number of ether oxygens (including phenoxy) is 1. The Morgan fingerprint density at radius 3 is 2.42 bits per heavy atom. The Morgan fingerprint density at radius 2 is 1.76 bits per heavy atom. The molecule has 11 heteroatoms. The van der Waals surface area contributed by atoms with E-state index in [-0.39, 0.29) is 17.9 Å². The number of halogens is 1. The number of unbranched alkanes of at least 4 members (excludes halogenated alkanes) is 4. The molecule has 2 aromatic rings. The van der Waals surface area contributed by atoms with E-state index in [9.17, 15) is 18.0 Å². The number of carboxylic acid groups (broad SMARTS) is 1. The van der Waals surface area contributed by atoms with E-state index in [1.807, 2.05) is 0 Å². The van der Waals surface area contributed by atoms with Crippen molar-refractivity contribution in [3.63, 3.8) is 0 Å². The van der Waals surface area contributed by atoms with Gasteiger partial charge < -0.3 is 15.2 Å². The van der Waals surface area contributed by atoms with Gasteiger partial charge in [0.15, 0.2) is 0 Å². The number of benzene rings is 1. The molecule has 0 radical (unpaired) electrons. The van der Waals surface area contributed by atoms with Gasteiger partial charge in [-0.2, -0.15) is 4.72 Å². The minimum absolute atomic E-state index is 0.0209. The minimum Gasteiger partial charge on any atom is -0.490 e. The van der Waals surface area contributed by atoms with Crippen molar-refractivity contribution >= 4 is 33.5 Å². The maximum absolute atomic E-state index is 12.8. The van der Waals surface area contributed by atoms with E-state index in [4.69, 9.17) is 21.4 Å². The molecular weight excluding hydrogens is 470 g/mol. The molecule has 0 aliphatic rings. The summed E-state index contributed by atoms with van der Waals surface area (Å²) in [5.74, 6) is -0.910.